The Kier molecular flexibility index (Phi) is 4.89. The highest BCUT2D eigenvalue weighted by atomic mass is 35.5. The number of alkyl halides is 1. The lowest BCUT2D eigenvalue weighted by atomic mass is 10.0. The molecule has 1 aromatic rings. The summed E-state index contributed by atoms with van der Waals surface area (Å²) in [5, 5.41) is 0. The summed E-state index contributed by atoms with van der Waals surface area (Å²) in [7, 11) is -1.77. The van der Waals surface area contributed by atoms with E-state index in [2.05, 4.69) is 4.98 Å². The summed E-state index contributed by atoms with van der Waals surface area (Å²) < 4.78 is 31.6. The number of hydrogen-bond donors (Lipinski definition) is 1. The van der Waals surface area contributed by atoms with Crippen molar-refractivity contribution in [3.63, 3.8) is 0 Å². The summed E-state index contributed by atoms with van der Waals surface area (Å²) in [5.41, 5.74) is 0.714. The molecule has 1 aromatic heterocycles. The van der Waals surface area contributed by atoms with Gasteiger partial charge in [-0.3, -0.25) is 0 Å². The third-order valence-electron chi connectivity index (χ3n) is 3.38. The van der Waals surface area contributed by atoms with Crippen molar-refractivity contribution in [3.05, 3.63) is 18.0 Å². The minimum atomic E-state index is -3.41. The Balaban J connectivity index is 2.14. The number of sulfonamides is 1. The number of halogens is 1. The first-order valence-electron chi connectivity index (χ1n) is 6.30. The first kappa shape index (κ1) is 14.8. The van der Waals surface area contributed by atoms with Crippen molar-refractivity contribution < 1.29 is 13.2 Å². The molecule has 1 fully saturated rings. The maximum atomic E-state index is 12.5. The number of piperidine rings is 1. The highest BCUT2D eigenvalue weighted by Gasteiger charge is 2.30. The topological polar surface area (TPSA) is 62.4 Å². The maximum Gasteiger partial charge on any atom is 0.244 e. The molecule has 5 nitrogen and oxygen atoms in total. The van der Waals surface area contributed by atoms with Gasteiger partial charge in [0.05, 0.1) is 17.4 Å². The zero-order chi connectivity index (χ0) is 13.9. The summed E-state index contributed by atoms with van der Waals surface area (Å²) in [5.74, 6) is 0.557. The van der Waals surface area contributed by atoms with Crippen molar-refractivity contribution >= 4 is 21.6 Å². The highest BCUT2D eigenvalue weighted by molar-refractivity contribution is 7.89. The van der Waals surface area contributed by atoms with E-state index in [1.54, 1.807) is 17.5 Å². The predicted molar refractivity (Wildman–Crippen MR) is 73.7 cm³/mol. The van der Waals surface area contributed by atoms with Gasteiger partial charge in [-0.05, 0) is 24.8 Å². The molecule has 2 heterocycles. The van der Waals surface area contributed by atoms with Gasteiger partial charge in [-0.25, -0.2) is 8.42 Å². The van der Waals surface area contributed by atoms with Gasteiger partial charge in [0.1, 0.15) is 0 Å². The number of methoxy groups -OCH3 is 1. The second-order valence-corrected chi connectivity index (χ2v) is 7.03. The van der Waals surface area contributed by atoms with Crippen LogP contribution < -0.4 is 0 Å². The van der Waals surface area contributed by atoms with Crippen LogP contribution in [0.3, 0.4) is 0 Å². The molecule has 1 aliphatic rings. The number of nitrogens with one attached hydrogen (secondary N) is 1. The Morgan fingerprint density at radius 1 is 1.58 bits per heavy atom. The number of nitrogens with zero attached hydrogens (tertiary/aromatic N) is 1. The van der Waals surface area contributed by atoms with Crippen LogP contribution >= 0.6 is 11.6 Å². The summed E-state index contributed by atoms with van der Waals surface area (Å²) >= 11 is 5.68. The van der Waals surface area contributed by atoms with Crippen molar-refractivity contribution in [1.29, 1.82) is 0 Å². The van der Waals surface area contributed by atoms with E-state index >= 15 is 0 Å². The van der Waals surface area contributed by atoms with E-state index in [0.717, 1.165) is 12.8 Å². The zero-order valence-corrected chi connectivity index (χ0v) is 12.5. The first-order chi connectivity index (χ1) is 9.07. The van der Waals surface area contributed by atoms with Gasteiger partial charge in [-0.15, -0.1) is 11.6 Å². The normalized spacial score (nSPS) is 21.7. The van der Waals surface area contributed by atoms with Crippen molar-refractivity contribution in [3.8, 4) is 0 Å². The van der Waals surface area contributed by atoms with E-state index in [1.165, 1.54) is 6.20 Å². The molecule has 1 N–H and O–H groups in total. The fourth-order valence-electron chi connectivity index (χ4n) is 2.41. The molecule has 1 aliphatic heterocycles. The number of hydrogen-bond acceptors (Lipinski definition) is 3. The fourth-order valence-corrected chi connectivity index (χ4v) is 4.14. The van der Waals surface area contributed by atoms with E-state index in [1.807, 2.05) is 0 Å². The second-order valence-electron chi connectivity index (χ2n) is 4.82. The quantitative estimate of drug-likeness (QED) is 0.844. The lowest BCUT2D eigenvalue weighted by molar-refractivity contribution is 0.118. The summed E-state index contributed by atoms with van der Waals surface area (Å²) in [6.45, 7) is 1.70. The monoisotopic (exact) mass is 306 g/mol. The molecule has 1 saturated heterocycles. The molecule has 0 radical (unpaired) electrons. The van der Waals surface area contributed by atoms with Crippen LogP contribution in [-0.4, -0.2) is 44.5 Å². The third-order valence-corrected chi connectivity index (χ3v) is 5.51. The zero-order valence-electron chi connectivity index (χ0n) is 10.9. The van der Waals surface area contributed by atoms with Crippen LogP contribution in [0, 0.1) is 5.92 Å². The fraction of sp³-hybridized carbons (Fsp3) is 0.667. The minimum absolute atomic E-state index is 0.278. The van der Waals surface area contributed by atoms with Crippen molar-refractivity contribution in [2.45, 2.75) is 23.6 Å². The molecule has 108 valence electrons. The predicted octanol–water partition coefficient (Wildman–Crippen LogP) is 1.80. The van der Waals surface area contributed by atoms with Crippen LogP contribution in [-0.2, 0) is 20.6 Å². The van der Waals surface area contributed by atoms with Crippen LogP contribution in [0.1, 0.15) is 18.5 Å². The molecule has 0 aromatic carbocycles. The molecule has 1 atom stereocenters. The van der Waals surface area contributed by atoms with E-state index in [9.17, 15) is 8.42 Å². The molecule has 0 amide bonds. The van der Waals surface area contributed by atoms with E-state index in [-0.39, 0.29) is 11.8 Å². The maximum absolute atomic E-state index is 12.5. The molecule has 19 heavy (non-hydrogen) atoms. The van der Waals surface area contributed by atoms with Crippen molar-refractivity contribution in [2.24, 2.45) is 5.92 Å². The van der Waals surface area contributed by atoms with Crippen molar-refractivity contribution in [2.75, 3.05) is 26.8 Å². The van der Waals surface area contributed by atoms with E-state index < -0.39 is 10.0 Å². The number of ether oxygens (including phenoxy) is 1. The lowest BCUT2D eigenvalue weighted by Gasteiger charge is -2.31. The van der Waals surface area contributed by atoms with Crippen LogP contribution in [0.5, 0.6) is 0 Å². The van der Waals surface area contributed by atoms with Crippen LogP contribution in [0.25, 0.3) is 0 Å². The van der Waals surface area contributed by atoms with E-state index in [0.29, 0.717) is 30.3 Å². The molecule has 0 spiro atoms. The molecule has 0 aliphatic carbocycles. The van der Waals surface area contributed by atoms with Gasteiger partial charge in [-0.1, -0.05) is 0 Å². The highest BCUT2D eigenvalue weighted by Crippen LogP contribution is 2.24. The van der Waals surface area contributed by atoms with Crippen LogP contribution in [0.15, 0.2) is 17.2 Å². The SMILES string of the molecule is COCC1CCCN(S(=O)(=O)c2c[nH]c(CCl)c2)C1. The molecular weight excluding hydrogens is 288 g/mol. The van der Waals surface area contributed by atoms with Gasteiger partial charge in [-0.2, -0.15) is 4.31 Å². The van der Waals surface area contributed by atoms with Gasteiger partial charge in [0.25, 0.3) is 0 Å². The smallest absolute Gasteiger partial charge is 0.244 e. The van der Waals surface area contributed by atoms with Gasteiger partial charge >= 0.3 is 0 Å². The number of aromatic amines is 1. The first-order valence-corrected chi connectivity index (χ1v) is 8.27. The minimum Gasteiger partial charge on any atom is -0.384 e. The largest absolute Gasteiger partial charge is 0.384 e. The van der Waals surface area contributed by atoms with Crippen LogP contribution in [0.2, 0.25) is 0 Å². The third kappa shape index (κ3) is 3.31. The van der Waals surface area contributed by atoms with Gasteiger partial charge in [0, 0.05) is 32.1 Å². The average Bonchev–Trinajstić information content (AvgIpc) is 2.89. The van der Waals surface area contributed by atoms with Crippen LogP contribution in [0.4, 0.5) is 0 Å². The molecule has 2 rings (SSSR count). The number of H-pyrrole nitrogens is 1. The molecule has 0 saturated carbocycles. The Morgan fingerprint density at radius 2 is 2.37 bits per heavy atom. The molecule has 1 unspecified atom stereocenters. The summed E-state index contributed by atoms with van der Waals surface area (Å²) in [6.07, 6.45) is 3.40. The number of aromatic nitrogens is 1. The van der Waals surface area contributed by atoms with Gasteiger partial charge < -0.3 is 9.72 Å². The Morgan fingerprint density at radius 3 is 3.00 bits per heavy atom. The van der Waals surface area contributed by atoms with Gasteiger partial charge in [0.2, 0.25) is 10.0 Å². The van der Waals surface area contributed by atoms with Gasteiger partial charge in [0.15, 0.2) is 0 Å². The second kappa shape index (κ2) is 6.26. The summed E-state index contributed by atoms with van der Waals surface area (Å²) in [4.78, 5) is 3.17. The molecule has 0 bridgehead atoms. The Hall–Kier alpha value is -0.560. The average molecular weight is 307 g/mol. The summed E-state index contributed by atoms with van der Waals surface area (Å²) in [6, 6.07) is 1.60. The molecular formula is C12H19ClN2O3S. The Labute approximate surface area is 118 Å². The standard InChI is InChI=1S/C12H19ClN2O3S/c1-18-9-10-3-2-4-15(8-10)19(16,17)12-5-11(6-13)14-7-12/h5,7,10,14H,2-4,6,8-9H2,1H3. The van der Waals surface area contributed by atoms with E-state index in [4.69, 9.17) is 16.3 Å². The Bertz CT molecular complexity index is 513. The molecule has 7 heteroatoms. The van der Waals surface area contributed by atoms with Crippen molar-refractivity contribution in [1.82, 2.24) is 9.29 Å². The number of rotatable bonds is 5. The lowest BCUT2D eigenvalue weighted by Crippen LogP contribution is -2.40.